The molecule has 0 unspecified atom stereocenters. The molecule has 9 heteroatoms. The van der Waals surface area contributed by atoms with Crippen LogP contribution in [0.3, 0.4) is 0 Å². The number of carboxylic acid groups (broad SMARTS) is 2. The number of benzene rings is 3. The van der Waals surface area contributed by atoms with Crippen LogP contribution in [-0.2, 0) is 20.9 Å². The van der Waals surface area contributed by atoms with E-state index in [0.717, 1.165) is 50.4 Å². The molecule has 3 aromatic carbocycles. The number of hydrogen-bond donors (Lipinski definition) is 2. The number of rotatable bonds is 10. The molecule has 7 nitrogen and oxygen atoms in total. The second-order valence-corrected chi connectivity index (χ2v) is 8.97. The Kier molecular flexibility index (Phi) is 11.8. The van der Waals surface area contributed by atoms with Crippen molar-refractivity contribution in [3.05, 3.63) is 119 Å². The minimum Gasteiger partial charge on any atom is -0.478 e. The van der Waals surface area contributed by atoms with Gasteiger partial charge in [0.25, 0.3) is 0 Å². The van der Waals surface area contributed by atoms with Gasteiger partial charge in [-0.2, -0.15) is 0 Å². The van der Waals surface area contributed by atoms with Crippen LogP contribution in [0.15, 0.2) is 91.0 Å². The number of carbonyl (C=O) groups is 2. The van der Waals surface area contributed by atoms with Crippen LogP contribution in [0.5, 0.6) is 0 Å². The SMILES string of the molecule is Fc1ccc(C(OCCN2CCN(Cc3ccccc3)CC2)c2ccc(F)cc2)cc1.O=C(O)/C=C\C(=O)O. The molecule has 1 aliphatic rings. The van der Waals surface area contributed by atoms with Crippen molar-refractivity contribution < 1.29 is 33.3 Å². The van der Waals surface area contributed by atoms with Crippen molar-refractivity contribution in [3.8, 4) is 0 Å². The number of halogens is 2. The highest BCUT2D eigenvalue weighted by atomic mass is 19.1. The molecule has 4 rings (SSSR count). The molecule has 0 aliphatic carbocycles. The molecule has 0 spiro atoms. The third kappa shape index (κ3) is 10.8. The van der Waals surface area contributed by atoms with Crippen LogP contribution in [0.25, 0.3) is 0 Å². The molecular formula is C30H32F2N2O5. The van der Waals surface area contributed by atoms with Crippen LogP contribution < -0.4 is 0 Å². The molecule has 0 bridgehead atoms. The van der Waals surface area contributed by atoms with Gasteiger partial charge in [-0.3, -0.25) is 9.80 Å². The van der Waals surface area contributed by atoms with E-state index in [4.69, 9.17) is 14.9 Å². The molecule has 0 atom stereocenters. The van der Waals surface area contributed by atoms with Gasteiger partial charge in [0.2, 0.25) is 0 Å². The Morgan fingerprint density at radius 2 is 1.21 bits per heavy atom. The highest BCUT2D eigenvalue weighted by molar-refractivity contribution is 5.89. The molecule has 2 N–H and O–H groups in total. The minimum absolute atomic E-state index is 0.282. The highest BCUT2D eigenvalue weighted by Crippen LogP contribution is 2.26. The summed E-state index contributed by atoms with van der Waals surface area (Å²) in [6.07, 6.45) is 0.769. The number of carboxylic acids is 2. The van der Waals surface area contributed by atoms with Gasteiger partial charge in [-0.05, 0) is 41.0 Å². The lowest BCUT2D eigenvalue weighted by atomic mass is 10.0. The number of hydrogen-bond acceptors (Lipinski definition) is 5. The Morgan fingerprint density at radius 1 is 0.744 bits per heavy atom. The Balaban J connectivity index is 0.000000459. The average molecular weight is 539 g/mol. The first-order valence-electron chi connectivity index (χ1n) is 12.6. The summed E-state index contributed by atoms with van der Waals surface area (Å²) in [4.78, 5) is 24.0. The van der Waals surface area contributed by atoms with Crippen molar-refractivity contribution >= 4 is 11.9 Å². The maximum atomic E-state index is 13.4. The zero-order valence-electron chi connectivity index (χ0n) is 21.5. The largest absolute Gasteiger partial charge is 0.478 e. The maximum absolute atomic E-state index is 13.4. The van der Waals surface area contributed by atoms with Gasteiger partial charge in [-0.1, -0.05) is 54.6 Å². The lowest BCUT2D eigenvalue weighted by Crippen LogP contribution is -2.46. The molecule has 1 fully saturated rings. The summed E-state index contributed by atoms with van der Waals surface area (Å²) in [5.74, 6) is -3.08. The van der Waals surface area contributed by atoms with E-state index in [1.165, 1.54) is 29.8 Å². The van der Waals surface area contributed by atoms with Gasteiger partial charge in [0.15, 0.2) is 0 Å². The third-order valence-corrected chi connectivity index (χ3v) is 6.12. The monoisotopic (exact) mass is 538 g/mol. The van der Waals surface area contributed by atoms with E-state index in [1.807, 2.05) is 6.07 Å². The van der Waals surface area contributed by atoms with Gasteiger partial charge in [-0.25, -0.2) is 18.4 Å². The normalized spacial score (nSPS) is 14.2. The van der Waals surface area contributed by atoms with E-state index < -0.39 is 11.9 Å². The second kappa shape index (κ2) is 15.5. The van der Waals surface area contributed by atoms with Crippen LogP contribution in [-0.4, -0.2) is 71.3 Å². The van der Waals surface area contributed by atoms with Crippen LogP contribution in [0, 0.1) is 11.6 Å². The molecule has 1 aliphatic heterocycles. The van der Waals surface area contributed by atoms with Crippen LogP contribution >= 0.6 is 0 Å². The average Bonchev–Trinajstić information content (AvgIpc) is 2.93. The summed E-state index contributed by atoms with van der Waals surface area (Å²) >= 11 is 0. The molecular weight excluding hydrogens is 506 g/mol. The van der Waals surface area contributed by atoms with E-state index in [9.17, 15) is 18.4 Å². The predicted molar refractivity (Wildman–Crippen MR) is 143 cm³/mol. The summed E-state index contributed by atoms with van der Waals surface area (Å²) < 4.78 is 33.0. The van der Waals surface area contributed by atoms with Gasteiger partial charge >= 0.3 is 11.9 Å². The molecule has 0 radical (unpaired) electrons. The second-order valence-electron chi connectivity index (χ2n) is 8.97. The fourth-order valence-electron chi connectivity index (χ4n) is 4.11. The summed E-state index contributed by atoms with van der Waals surface area (Å²) in [6, 6.07) is 23.2. The smallest absolute Gasteiger partial charge is 0.328 e. The highest BCUT2D eigenvalue weighted by Gasteiger charge is 2.19. The van der Waals surface area contributed by atoms with Gasteiger partial charge in [0.1, 0.15) is 17.7 Å². The Bertz CT molecular complexity index is 1130. The summed E-state index contributed by atoms with van der Waals surface area (Å²) in [5, 5.41) is 15.6. The molecule has 1 saturated heterocycles. The lowest BCUT2D eigenvalue weighted by Gasteiger charge is -2.35. The predicted octanol–water partition coefficient (Wildman–Crippen LogP) is 4.60. The molecule has 3 aromatic rings. The zero-order valence-corrected chi connectivity index (χ0v) is 21.5. The minimum atomic E-state index is -1.26. The maximum Gasteiger partial charge on any atom is 0.328 e. The Labute approximate surface area is 226 Å². The lowest BCUT2D eigenvalue weighted by molar-refractivity contribution is -0.134. The van der Waals surface area contributed by atoms with E-state index in [0.29, 0.717) is 18.8 Å². The number of ether oxygens (including phenoxy) is 1. The first-order chi connectivity index (χ1) is 18.8. The fraction of sp³-hybridized carbons (Fsp3) is 0.267. The molecule has 206 valence electrons. The molecule has 0 aromatic heterocycles. The van der Waals surface area contributed by atoms with Crippen molar-refractivity contribution in [2.45, 2.75) is 12.6 Å². The van der Waals surface area contributed by atoms with Crippen molar-refractivity contribution in [2.75, 3.05) is 39.3 Å². The van der Waals surface area contributed by atoms with E-state index in [2.05, 4.69) is 34.1 Å². The van der Waals surface area contributed by atoms with Crippen molar-refractivity contribution in [1.82, 2.24) is 9.80 Å². The van der Waals surface area contributed by atoms with E-state index >= 15 is 0 Å². The first kappa shape index (κ1) is 29.6. The van der Waals surface area contributed by atoms with Gasteiger partial charge in [0, 0.05) is 51.4 Å². The Hall–Kier alpha value is -3.92. The molecule has 0 amide bonds. The molecule has 39 heavy (non-hydrogen) atoms. The van der Waals surface area contributed by atoms with Crippen molar-refractivity contribution in [3.63, 3.8) is 0 Å². The van der Waals surface area contributed by atoms with Crippen LogP contribution in [0.1, 0.15) is 22.8 Å². The molecule has 1 heterocycles. The summed E-state index contributed by atoms with van der Waals surface area (Å²) in [7, 11) is 0. The van der Waals surface area contributed by atoms with Gasteiger partial charge < -0.3 is 14.9 Å². The Morgan fingerprint density at radius 3 is 1.67 bits per heavy atom. The quantitative estimate of drug-likeness (QED) is 0.365. The van der Waals surface area contributed by atoms with E-state index in [-0.39, 0.29) is 17.7 Å². The summed E-state index contributed by atoms with van der Waals surface area (Å²) in [6.45, 7) is 6.46. The number of aliphatic carboxylic acids is 2. The zero-order chi connectivity index (χ0) is 28.0. The van der Waals surface area contributed by atoms with E-state index in [1.54, 1.807) is 24.3 Å². The first-order valence-corrected chi connectivity index (χ1v) is 12.6. The third-order valence-electron chi connectivity index (χ3n) is 6.12. The standard InChI is InChI=1S/C26H28F2N2O.C4H4O4/c27-24-10-6-22(7-11-24)26(23-8-12-25(28)13-9-23)31-19-18-29-14-16-30(17-15-29)20-21-4-2-1-3-5-21;5-3(6)1-2-4(7)8/h1-13,26H,14-20H2;1-2H,(H,5,6)(H,7,8)/b;2-1-. The van der Waals surface area contributed by atoms with Crippen molar-refractivity contribution in [2.24, 2.45) is 0 Å². The van der Waals surface area contributed by atoms with Gasteiger partial charge in [0.05, 0.1) is 6.61 Å². The van der Waals surface area contributed by atoms with Crippen LogP contribution in [0.2, 0.25) is 0 Å². The number of piperazine rings is 1. The fourth-order valence-corrected chi connectivity index (χ4v) is 4.11. The molecule has 0 saturated carbocycles. The van der Waals surface area contributed by atoms with Gasteiger partial charge in [-0.15, -0.1) is 0 Å². The van der Waals surface area contributed by atoms with Crippen molar-refractivity contribution in [1.29, 1.82) is 0 Å². The van der Waals surface area contributed by atoms with Crippen LogP contribution in [0.4, 0.5) is 8.78 Å². The number of nitrogens with zero attached hydrogens (tertiary/aromatic N) is 2. The topological polar surface area (TPSA) is 90.3 Å². The summed E-state index contributed by atoms with van der Waals surface area (Å²) in [5.41, 5.74) is 3.07.